The molecule has 0 aromatic rings. The fourth-order valence-electron chi connectivity index (χ4n) is 6.98. The smallest absolute Gasteiger partial charge is 0.306 e. The Morgan fingerprint density at radius 3 is 1.51 bits per heavy atom. The average Bonchev–Trinajstić information content (AvgIpc) is 3.09. The molecule has 0 radical (unpaired) electrons. The lowest BCUT2D eigenvalue weighted by atomic mass is 9.93. The molecule has 0 rings (SSSR count). The largest absolute Gasteiger partial charge is 0.466 e. The van der Waals surface area contributed by atoms with E-state index in [0.29, 0.717) is 32.0 Å². The minimum absolute atomic E-state index is 0.00518. The van der Waals surface area contributed by atoms with Gasteiger partial charge < -0.3 is 14.4 Å². The molecule has 0 bridgehead atoms. The number of carbonyl (C=O) groups is 2. The molecule has 0 saturated carbocycles. The van der Waals surface area contributed by atoms with Gasteiger partial charge in [0.2, 0.25) is 0 Å². The van der Waals surface area contributed by atoms with Gasteiger partial charge in [0.05, 0.1) is 19.6 Å². The van der Waals surface area contributed by atoms with Crippen LogP contribution in [0.1, 0.15) is 201 Å². The minimum Gasteiger partial charge on any atom is -0.466 e. The second kappa shape index (κ2) is 37.7. The lowest BCUT2D eigenvalue weighted by Crippen LogP contribution is -2.21. The number of hydrogen-bond acceptors (Lipinski definition) is 5. The predicted octanol–water partition coefficient (Wildman–Crippen LogP) is 13.1. The molecule has 0 aromatic carbocycles. The molecule has 0 aliphatic rings. The molecule has 296 valence electrons. The van der Waals surface area contributed by atoms with Crippen molar-refractivity contribution in [2.75, 3.05) is 33.9 Å². The van der Waals surface area contributed by atoms with E-state index in [4.69, 9.17) is 9.47 Å². The Hall–Kier alpha value is -2.02. The Kier molecular flexibility index (Phi) is 36.2. The van der Waals surface area contributed by atoms with E-state index in [0.717, 1.165) is 44.4 Å². The van der Waals surface area contributed by atoms with Crippen molar-refractivity contribution >= 4 is 11.9 Å². The third-order valence-corrected chi connectivity index (χ3v) is 10.1. The summed E-state index contributed by atoms with van der Waals surface area (Å²) in [5, 5.41) is 0. The predicted molar refractivity (Wildman–Crippen MR) is 218 cm³/mol. The van der Waals surface area contributed by atoms with Crippen molar-refractivity contribution in [1.29, 1.82) is 0 Å². The molecule has 0 N–H and O–H groups in total. The highest BCUT2D eigenvalue weighted by molar-refractivity contribution is 5.70. The van der Waals surface area contributed by atoms with Crippen LogP contribution in [0.15, 0.2) is 29.8 Å². The standard InChI is InChI=1S/C46H83NO4/c1-7-10-25-32-42(4)39-45(48)50-37-30-23-19-15-13-17-21-28-35-44(41-47(5)6)36-29-22-18-14-16-20-24-31-38-51-46(49)40-43(33-26-11-8-2)34-27-12-9-3/h33,42-44H,2,7,9-10,12-25,27-32,34-41H2,1,3-6H3. The van der Waals surface area contributed by atoms with Gasteiger partial charge in [0, 0.05) is 13.0 Å². The third kappa shape index (κ3) is 36.1. The summed E-state index contributed by atoms with van der Waals surface area (Å²) in [4.78, 5) is 26.7. The SMILES string of the molecule is C=C=C=C=CC(CCCCC)CC(=O)OCCCCCCCCCCC(CCCCCCCCCCOC(=O)CC(C)CCCCC)CN(C)C. The van der Waals surface area contributed by atoms with Gasteiger partial charge in [-0.15, -0.1) is 0 Å². The summed E-state index contributed by atoms with van der Waals surface area (Å²) >= 11 is 0. The van der Waals surface area contributed by atoms with E-state index in [1.807, 2.05) is 6.08 Å². The molecule has 3 unspecified atom stereocenters. The number of unbranched alkanes of at least 4 members (excludes halogenated alkanes) is 18. The first kappa shape index (κ1) is 49.0. The molecule has 0 fully saturated rings. The molecule has 5 heteroatoms. The number of esters is 2. The van der Waals surface area contributed by atoms with Crippen molar-refractivity contribution in [3.63, 3.8) is 0 Å². The van der Waals surface area contributed by atoms with Gasteiger partial charge in [-0.25, -0.2) is 0 Å². The van der Waals surface area contributed by atoms with Gasteiger partial charge in [0.25, 0.3) is 0 Å². The average molecular weight is 714 g/mol. The second-order valence-corrected chi connectivity index (χ2v) is 15.7. The first-order chi connectivity index (χ1) is 24.8. The molecule has 0 saturated heterocycles. The lowest BCUT2D eigenvalue weighted by molar-refractivity contribution is -0.145. The van der Waals surface area contributed by atoms with Gasteiger partial charge in [-0.3, -0.25) is 9.59 Å². The number of ether oxygens (including phenoxy) is 2. The summed E-state index contributed by atoms with van der Waals surface area (Å²) in [6.07, 6.45) is 35.1. The summed E-state index contributed by atoms with van der Waals surface area (Å²) < 4.78 is 11.0. The zero-order chi connectivity index (χ0) is 37.6. The first-order valence-corrected chi connectivity index (χ1v) is 21.6. The normalized spacial score (nSPS) is 12.8. The quantitative estimate of drug-likeness (QED) is 0.0364. The number of nitrogens with zero attached hydrogens (tertiary/aromatic N) is 1. The Morgan fingerprint density at radius 1 is 0.608 bits per heavy atom. The molecule has 0 heterocycles. The van der Waals surface area contributed by atoms with Crippen LogP contribution in [-0.4, -0.2) is 50.7 Å². The van der Waals surface area contributed by atoms with Crippen molar-refractivity contribution in [3.05, 3.63) is 29.8 Å². The Bertz CT molecular complexity index is 926. The van der Waals surface area contributed by atoms with Crippen LogP contribution in [0.5, 0.6) is 0 Å². The highest BCUT2D eigenvalue weighted by atomic mass is 16.5. The van der Waals surface area contributed by atoms with Crippen LogP contribution in [0.2, 0.25) is 0 Å². The molecule has 0 amide bonds. The van der Waals surface area contributed by atoms with E-state index in [9.17, 15) is 9.59 Å². The lowest BCUT2D eigenvalue weighted by Gasteiger charge is -2.21. The summed E-state index contributed by atoms with van der Waals surface area (Å²) in [5.41, 5.74) is 8.28. The Balaban J connectivity index is 3.80. The molecule has 0 spiro atoms. The van der Waals surface area contributed by atoms with E-state index < -0.39 is 0 Å². The summed E-state index contributed by atoms with van der Waals surface area (Å²) in [5.74, 6) is 1.33. The molecule has 3 atom stereocenters. The van der Waals surface area contributed by atoms with Crippen LogP contribution in [-0.2, 0) is 19.1 Å². The van der Waals surface area contributed by atoms with Crippen LogP contribution >= 0.6 is 0 Å². The van der Waals surface area contributed by atoms with E-state index >= 15 is 0 Å². The monoisotopic (exact) mass is 714 g/mol. The fraction of sp³-hybridized carbons (Fsp3) is 0.848. The van der Waals surface area contributed by atoms with Gasteiger partial charge in [-0.05, 0) is 82.3 Å². The van der Waals surface area contributed by atoms with E-state index in [1.165, 1.54) is 135 Å². The Morgan fingerprint density at radius 2 is 1.04 bits per heavy atom. The maximum atomic E-state index is 12.3. The number of allylic oxidation sites excluding steroid dienone is 1. The summed E-state index contributed by atoms with van der Waals surface area (Å²) in [7, 11) is 4.43. The van der Waals surface area contributed by atoms with Crippen molar-refractivity contribution in [3.8, 4) is 0 Å². The summed E-state index contributed by atoms with van der Waals surface area (Å²) in [6.45, 7) is 12.5. The molecule has 0 aromatic heterocycles. The van der Waals surface area contributed by atoms with Crippen LogP contribution in [0.25, 0.3) is 0 Å². The maximum Gasteiger partial charge on any atom is 0.306 e. The number of carbonyl (C=O) groups excluding carboxylic acids is 2. The number of rotatable bonds is 37. The van der Waals surface area contributed by atoms with Crippen molar-refractivity contribution in [2.24, 2.45) is 17.8 Å². The van der Waals surface area contributed by atoms with Crippen LogP contribution in [0.4, 0.5) is 0 Å². The summed E-state index contributed by atoms with van der Waals surface area (Å²) in [6, 6.07) is 0. The topological polar surface area (TPSA) is 55.8 Å². The highest BCUT2D eigenvalue weighted by Gasteiger charge is 2.13. The van der Waals surface area contributed by atoms with E-state index in [1.54, 1.807) is 0 Å². The van der Waals surface area contributed by atoms with Gasteiger partial charge in [-0.2, -0.15) is 0 Å². The van der Waals surface area contributed by atoms with Crippen LogP contribution in [0, 0.1) is 17.8 Å². The molecule has 51 heavy (non-hydrogen) atoms. The second-order valence-electron chi connectivity index (χ2n) is 15.7. The van der Waals surface area contributed by atoms with E-state index in [-0.39, 0.29) is 17.9 Å². The van der Waals surface area contributed by atoms with E-state index in [2.05, 4.69) is 63.5 Å². The van der Waals surface area contributed by atoms with Gasteiger partial charge in [-0.1, -0.05) is 167 Å². The molecule has 0 aliphatic heterocycles. The van der Waals surface area contributed by atoms with Gasteiger partial charge >= 0.3 is 11.9 Å². The number of hydrogen-bond donors (Lipinski definition) is 0. The van der Waals surface area contributed by atoms with Crippen molar-refractivity contribution in [1.82, 2.24) is 4.90 Å². The highest BCUT2D eigenvalue weighted by Crippen LogP contribution is 2.21. The molecular weight excluding hydrogens is 631 g/mol. The maximum absolute atomic E-state index is 12.3. The molecular formula is C46H83NO4. The zero-order valence-corrected chi connectivity index (χ0v) is 34.5. The third-order valence-electron chi connectivity index (χ3n) is 10.1. The van der Waals surface area contributed by atoms with Crippen molar-refractivity contribution < 1.29 is 19.1 Å². The van der Waals surface area contributed by atoms with Gasteiger partial charge in [0.1, 0.15) is 0 Å². The van der Waals surface area contributed by atoms with Crippen molar-refractivity contribution in [2.45, 2.75) is 201 Å². The molecule has 0 aliphatic carbocycles. The first-order valence-electron chi connectivity index (χ1n) is 21.6. The molecule has 5 nitrogen and oxygen atoms in total. The van der Waals surface area contributed by atoms with Crippen LogP contribution in [0.3, 0.4) is 0 Å². The van der Waals surface area contributed by atoms with Crippen LogP contribution < -0.4 is 0 Å². The fourth-order valence-corrected chi connectivity index (χ4v) is 6.98. The van der Waals surface area contributed by atoms with Gasteiger partial charge in [0.15, 0.2) is 0 Å². The Labute approximate surface area is 317 Å². The zero-order valence-electron chi connectivity index (χ0n) is 34.5. The minimum atomic E-state index is -0.0954.